The van der Waals surface area contributed by atoms with E-state index in [1.165, 1.54) is 10.5 Å². The number of hydrogen-bond acceptors (Lipinski definition) is 5. The first kappa shape index (κ1) is 23.5. The van der Waals surface area contributed by atoms with Crippen LogP contribution in [0.2, 0.25) is 10.0 Å². The van der Waals surface area contributed by atoms with Gasteiger partial charge in [0.15, 0.2) is 0 Å². The Hall–Kier alpha value is -2.14. The van der Waals surface area contributed by atoms with E-state index >= 15 is 0 Å². The lowest BCUT2D eigenvalue weighted by atomic mass is 10.1. The predicted octanol–water partition coefficient (Wildman–Crippen LogP) is 2.90. The molecule has 1 aromatic carbocycles. The number of benzene rings is 1. The van der Waals surface area contributed by atoms with Gasteiger partial charge in [0.05, 0.1) is 33.2 Å². The fourth-order valence-corrected chi connectivity index (χ4v) is 5.49. The van der Waals surface area contributed by atoms with Crippen molar-refractivity contribution in [2.75, 3.05) is 24.2 Å². The Morgan fingerprint density at radius 3 is 2.45 bits per heavy atom. The normalized spacial score (nSPS) is 15.6. The van der Waals surface area contributed by atoms with E-state index in [0.717, 1.165) is 0 Å². The molecular formula is C19H23Cl2N5O4S. The molecule has 0 spiro atoms. The van der Waals surface area contributed by atoms with Crippen molar-refractivity contribution in [2.45, 2.75) is 32.2 Å². The standard InChI is InChI=1S/C19H23Cl2N5O4S/c1-2-10-31(29,30)26-8-6-12(7-9-26)23-19(28)17-15(11-22-25-17)24-18(27)16-13(20)4-3-5-14(16)21/h3-5,11-12H,2,6-10H2,1H3,(H,22,25)(H,23,28)(H,24,27). The number of sulfonamides is 1. The monoisotopic (exact) mass is 487 g/mol. The molecule has 0 bridgehead atoms. The number of H-pyrrole nitrogens is 1. The number of piperidine rings is 1. The van der Waals surface area contributed by atoms with Gasteiger partial charge in [-0.25, -0.2) is 12.7 Å². The van der Waals surface area contributed by atoms with Crippen LogP contribution in [0.5, 0.6) is 0 Å². The summed E-state index contributed by atoms with van der Waals surface area (Å²) in [6, 6.07) is 4.51. The van der Waals surface area contributed by atoms with E-state index in [4.69, 9.17) is 23.2 Å². The molecule has 12 heteroatoms. The Bertz CT molecular complexity index is 1040. The minimum atomic E-state index is -3.25. The molecule has 0 atom stereocenters. The fourth-order valence-electron chi connectivity index (χ4n) is 3.38. The predicted molar refractivity (Wildman–Crippen MR) is 119 cm³/mol. The molecule has 3 N–H and O–H groups in total. The summed E-state index contributed by atoms with van der Waals surface area (Å²) in [6.45, 7) is 2.53. The first-order valence-electron chi connectivity index (χ1n) is 9.80. The van der Waals surface area contributed by atoms with Gasteiger partial charge >= 0.3 is 0 Å². The van der Waals surface area contributed by atoms with Crippen LogP contribution in [0.1, 0.15) is 47.0 Å². The molecule has 2 aromatic rings. The molecule has 3 rings (SSSR count). The molecule has 0 unspecified atom stereocenters. The number of rotatable bonds is 7. The lowest BCUT2D eigenvalue weighted by molar-refractivity contribution is 0.0919. The van der Waals surface area contributed by atoms with Crippen molar-refractivity contribution < 1.29 is 18.0 Å². The Balaban J connectivity index is 1.62. The molecule has 2 heterocycles. The third-order valence-corrected chi connectivity index (χ3v) is 7.66. The van der Waals surface area contributed by atoms with Gasteiger partial charge in [-0.15, -0.1) is 0 Å². The summed E-state index contributed by atoms with van der Waals surface area (Å²) in [4.78, 5) is 25.3. The van der Waals surface area contributed by atoms with E-state index in [9.17, 15) is 18.0 Å². The third-order valence-electron chi connectivity index (χ3n) is 4.95. The number of aromatic amines is 1. The van der Waals surface area contributed by atoms with Gasteiger partial charge in [-0.1, -0.05) is 36.2 Å². The fraction of sp³-hybridized carbons (Fsp3) is 0.421. The van der Waals surface area contributed by atoms with Gasteiger partial charge in [0.25, 0.3) is 11.8 Å². The zero-order valence-corrected chi connectivity index (χ0v) is 19.1. The lowest BCUT2D eigenvalue weighted by Crippen LogP contribution is -2.47. The Labute approximate surface area is 190 Å². The first-order valence-corrected chi connectivity index (χ1v) is 12.2. The number of aromatic nitrogens is 2. The highest BCUT2D eigenvalue weighted by molar-refractivity contribution is 7.89. The van der Waals surface area contributed by atoms with Crippen LogP contribution in [0.25, 0.3) is 0 Å². The third kappa shape index (κ3) is 5.57. The molecular weight excluding hydrogens is 465 g/mol. The van der Waals surface area contributed by atoms with E-state index in [0.29, 0.717) is 32.4 Å². The lowest BCUT2D eigenvalue weighted by Gasteiger charge is -2.31. The average Bonchev–Trinajstić information content (AvgIpc) is 3.16. The molecule has 31 heavy (non-hydrogen) atoms. The molecule has 1 aliphatic rings. The summed E-state index contributed by atoms with van der Waals surface area (Å²) >= 11 is 12.1. The maximum atomic E-state index is 12.7. The summed E-state index contributed by atoms with van der Waals surface area (Å²) in [5, 5.41) is 12.3. The van der Waals surface area contributed by atoms with Crippen molar-refractivity contribution in [1.29, 1.82) is 0 Å². The van der Waals surface area contributed by atoms with Crippen molar-refractivity contribution in [1.82, 2.24) is 19.8 Å². The summed E-state index contributed by atoms with van der Waals surface area (Å²) < 4.78 is 25.8. The van der Waals surface area contributed by atoms with Gasteiger partial charge in [0.1, 0.15) is 5.69 Å². The maximum absolute atomic E-state index is 12.7. The number of carbonyl (C=O) groups excluding carboxylic acids is 2. The topological polar surface area (TPSA) is 124 Å². The van der Waals surface area contributed by atoms with Gasteiger partial charge in [-0.2, -0.15) is 5.10 Å². The van der Waals surface area contributed by atoms with Crippen molar-refractivity contribution in [2.24, 2.45) is 0 Å². The zero-order chi connectivity index (χ0) is 22.6. The summed E-state index contributed by atoms with van der Waals surface area (Å²) in [7, 11) is -3.25. The SMILES string of the molecule is CCCS(=O)(=O)N1CCC(NC(=O)c2[nH]ncc2NC(=O)c2c(Cl)cccc2Cl)CC1. The minimum absolute atomic E-state index is 0.0811. The first-order chi connectivity index (χ1) is 14.7. The van der Waals surface area contributed by atoms with Crippen LogP contribution >= 0.6 is 23.2 Å². The molecule has 0 aliphatic carbocycles. The second-order valence-corrected chi connectivity index (χ2v) is 10.1. The highest BCUT2D eigenvalue weighted by atomic mass is 35.5. The van der Waals surface area contributed by atoms with Crippen molar-refractivity contribution in [3.63, 3.8) is 0 Å². The summed E-state index contributed by atoms with van der Waals surface area (Å²) in [6.07, 6.45) is 2.88. The molecule has 0 radical (unpaired) electrons. The Morgan fingerprint density at radius 2 is 1.84 bits per heavy atom. The molecule has 1 aliphatic heterocycles. The van der Waals surface area contributed by atoms with Gasteiger partial charge < -0.3 is 10.6 Å². The summed E-state index contributed by atoms with van der Waals surface area (Å²) in [5.41, 5.74) is 0.359. The van der Waals surface area contributed by atoms with Crippen molar-refractivity contribution in [3.8, 4) is 0 Å². The number of nitrogens with one attached hydrogen (secondary N) is 3. The van der Waals surface area contributed by atoms with E-state index in [-0.39, 0.29) is 38.8 Å². The van der Waals surface area contributed by atoms with Gasteiger partial charge in [-0.05, 0) is 31.4 Å². The average molecular weight is 488 g/mol. The molecule has 168 valence electrons. The number of anilines is 1. The Kier molecular flexibility index (Phi) is 7.58. The van der Waals surface area contributed by atoms with Crippen LogP contribution in [0.3, 0.4) is 0 Å². The van der Waals surface area contributed by atoms with Crippen LogP contribution in [0, 0.1) is 0 Å². The number of nitrogens with zero attached hydrogens (tertiary/aromatic N) is 2. The highest BCUT2D eigenvalue weighted by Gasteiger charge is 2.29. The van der Waals surface area contributed by atoms with Crippen LogP contribution in [-0.2, 0) is 10.0 Å². The van der Waals surface area contributed by atoms with Crippen LogP contribution in [0.15, 0.2) is 24.4 Å². The largest absolute Gasteiger partial charge is 0.348 e. The van der Waals surface area contributed by atoms with Crippen molar-refractivity contribution >= 4 is 50.7 Å². The number of hydrogen-bond donors (Lipinski definition) is 3. The second kappa shape index (κ2) is 9.99. The number of halogens is 2. The number of amides is 2. The Morgan fingerprint density at radius 1 is 1.19 bits per heavy atom. The summed E-state index contributed by atoms with van der Waals surface area (Å²) in [5.74, 6) is -0.898. The quantitative estimate of drug-likeness (QED) is 0.553. The second-order valence-electron chi connectivity index (χ2n) is 7.17. The van der Waals surface area contributed by atoms with Crippen molar-refractivity contribution in [3.05, 3.63) is 45.7 Å². The van der Waals surface area contributed by atoms with E-state index < -0.39 is 21.8 Å². The van der Waals surface area contributed by atoms with E-state index in [1.54, 1.807) is 18.2 Å². The van der Waals surface area contributed by atoms with Gasteiger partial charge in [0.2, 0.25) is 10.0 Å². The molecule has 0 saturated carbocycles. The molecule has 9 nitrogen and oxygen atoms in total. The van der Waals surface area contributed by atoms with Gasteiger partial charge in [0, 0.05) is 19.1 Å². The van der Waals surface area contributed by atoms with Crippen LogP contribution in [0.4, 0.5) is 5.69 Å². The molecule has 2 amide bonds. The minimum Gasteiger partial charge on any atom is -0.348 e. The number of carbonyl (C=O) groups is 2. The molecule has 1 fully saturated rings. The zero-order valence-electron chi connectivity index (χ0n) is 16.8. The van der Waals surface area contributed by atoms with Gasteiger partial charge in [-0.3, -0.25) is 14.7 Å². The maximum Gasteiger partial charge on any atom is 0.271 e. The highest BCUT2D eigenvalue weighted by Crippen LogP contribution is 2.26. The molecule has 1 aromatic heterocycles. The molecule has 1 saturated heterocycles. The van der Waals surface area contributed by atoms with E-state index in [1.807, 2.05) is 6.92 Å². The smallest absolute Gasteiger partial charge is 0.271 e. The van der Waals surface area contributed by atoms with Crippen LogP contribution in [-0.4, -0.2) is 59.6 Å². The van der Waals surface area contributed by atoms with E-state index in [2.05, 4.69) is 20.8 Å². The van der Waals surface area contributed by atoms with Crippen LogP contribution < -0.4 is 10.6 Å².